The third-order valence-corrected chi connectivity index (χ3v) is 2.77. The summed E-state index contributed by atoms with van der Waals surface area (Å²) in [6.07, 6.45) is 1.47. The van der Waals surface area contributed by atoms with Crippen LogP contribution < -0.4 is 5.32 Å². The molecular formula is C13H22N2O. The predicted octanol–water partition coefficient (Wildman–Crippen LogP) is 1.89. The number of aliphatic hydroxyl groups excluding tert-OH is 1. The summed E-state index contributed by atoms with van der Waals surface area (Å²) in [5.74, 6) is 0. The fourth-order valence-corrected chi connectivity index (χ4v) is 1.35. The Morgan fingerprint density at radius 3 is 2.69 bits per heavy atom. The van der Waals surface area contributed by atoms with Gasteiger partial charge in [0.1, 0.15) is 0 Å². The molecule has 0 aliphatic carbocycles. The van der Waals surface area contributed by atoms with Gasteiger partial charge in [0.25, 0.3) is 0 Å². The van der Waals surface area contributed by atoms with E-state index in [9.17, 15) is 5.11 Å². The van der Waals surface area contributed by atoms with Crippen LogP contribution in [0.2, 0.25) is 0 Å². The van der Waals surface area contributed by atoms with Crippen LogP contribution in [-0.4, -0.2) is 22.7 Å². The average Bonchev–Trinajstić information content (AvgIpc) is 2.19. The number of aryl methyl sites for hydroxylation is 1. The van der Waals surface area contributed by atoms with Crippen molar-refractivity contribution in [1.82, 2.24) is 10.3 Å². The molecule has 0 saturated carbocycles. The van der Waals surface area contributed by atoms with Gasteiger partial charge in [0.05, 0.1) is 6.10 Å². The number of nitrogens with zero attached hydrogens (tertiary/aromatic N) is 1. The second-order valence-electron chi connectivity index (χ2n) is 5.26. The third kappa shape index (κ3) is 3.91. The Labute approximate surface area is 97.9 Å². The van der Waals surface area contributed by atoms with E-state index in [-0.39, 0.29) is 11.5 Å². The summed E-state index contributed by atoms with van der Waals surface area (Å²) in [6, 6.07) is 3.99. The lowest BCUT2D eigenvalue weighted by molar-refractivity contribution is 0.0627. The molecule has 3 nitrogen and oxygen atoms in total. The monoisotopic (exact) mass is 222 g/mol. The van der Waals surface area contributed by atoms with Gasteiger partial charge in [-0.25, -0.2) is 0 Å². The minimum atomic E-state index is -0.329. The molecule has 0 spiro atoms. The maximum atomic E-state index is 9.85. The van der Waals surface area contributed by atoms with Crippen molar-refractivity contribution in [3.8, 4) is 0 Å². The molecule has 0 fully saturated rings. The Bertz CT molecular complexity index is 331. The first kappa shape index (κ1) is 13.1. The smallest absolute Gasteiger partial charge is 0.0712 e. The van der Waals surface area contributed by atoms with E-state index in [0.717, 1.165) is 12.2 Å². The van der Waals surface area contributed by atoms with Gasteiger partial charge < -0.3 is 10.4 Å². The molecule has 0 radical (unpaired) electrons. The molecule has 1 aromatic heterocycles. The molecule has 0 aliphatic heterocycles. The van der Waals surface area contributed by atoms with Gasteiger partial charge in [0.2, 0.25) is 0 Å². The van der Waals surface area contributed by atoms with Crippen molar-refractivity contribution in [2.24, 2.45) is 5.41 Å². The number of hydrogen-bond donors (Lipinski definition) is 2. The van der Waals surface area contributed by atoms with Crippen LogP contribution in [0.15, 0.2) is 18.3 Å². The number of aliphatic hydroxyl groups is 1. The van der Waals surface area contributed by atoms with Crippen LogP contribution in [0.3, 0.4) is 0 Å². The van der Waals surface area contributed by atoms with Crippen molar-refractivity contribution in [2.45, 2.75) is 40.3 Å². The van der Waals surface area contributed by atoms with Crippen LogP contribution in [-0.2, 0) is 6.54 Å². The first-order valence-electron chi connectivity index (χ1n) is 5.70. The number of aromatic nitrogens is 1. The van der Waals surface area contributed by atoms with Crippen molar-refractivity contribution < 1.29 is 5.11 Å². The minimum absolute atomic E-state index is 0.0724. The van der Waals surface area contributed by atoms with Crippen LogP contribution >= 0.6 is 0 Å². The van der Waals surface area contributed by atoms with Gasteiger partial charge in [0, 0.05) is 25.0 Å². The molecule has 1 unspecified atom stereocenters. The highest BCUT2D eigenvalue weighted by atomic mass is 16.3. The van der Waals surface area contributed by atoms with Crippen molar-refractivity contribution in [3.05, 3.63) is 29.6 Å². The molecule has 0 saturated heterocycles. The highest BCUT2D eigenvalue weighted by Crippen LogP contribution is 2.18. The van der Waals surface area contributed by atoms with Crippen LogP contribution in [0.25, 0.3) is 0 Å². The zero-order chi connectivity index (χ0) is 12.2. The van der Waals surface area contributed by atoms with Gasteiger partial charge in [-0.2, -0.15) is 0 Å². The summed E-state index contributed by atoms with van der Waals surface area (Å²) in [5.41, 5.74) is 2.15. The van der Waals surface area contributed by atoms with E-state index in [1.165, 1.54) is 5.56 Å². The summed E-state index contributed by atoms with van der Waals surface area (Å²) in [7, 11) is 0. The van der Waals surface area contributed by atoms with Crippen LogP contribution in [0.1, 0.15) is 32.0 Å². The summed E-state index contributed by atoms with van der Waals surface area (Å²) < 4.78 is 0. The lowest BCUT2D eigenvalue weighted by Gasteiger charge is -2.26. The fraction of sp³-hybridized carbons (Fsp3) is 0.615. The van der Waals surface area contributed by atoms with Gasteiger partial charge in [-0.1, -0.05) is 26.8 Å². The van der Waals surface area contributed by atoms with Gasteiger partial charge in [0.15, 0.2) is 0 Å². The Morgan fingerprint density at radius 1 is 1.44 bits per heavy atom. The second-order valence-corrected chi connectivity index (χ2v) is 5.26. The Kier molecular flexibility index (Phi) is 4.44. The van der Waals surface area contributed by atoms with E-state index in [0.29, 0.717) is 6.54 Å². The van der Waals surface area contributed by atoms with E-state index in [1.54, 1.807) is 6.20 Å². The van der Waals surface area contributed by atoms with Crippen LogP contribution in [0, 0.1) is 12.3 Å². The van der Waals surface area contributed by atoms with Gasteiger partial charge in [-0.3, -0.25) is 4.98 Å². The molecule has 1 atom stereocenters. The van der Waals surface area contributed by atoms with E-state index in [1.807, 2.05) is 33.8 Å². The van der Waals surface area contributed by atoms with Crippen molar-refractivity contribution >= 4 is 0 Å². The summed E-state index contributed by atoms with van der Waals surface area (Å²) in [4.78, 5) is 4.22. The zero-order valence-corrected chi connectivity index (χ0v) is 10.6. The first-order chi connectivity index (χ1) is 7.41. The van der Waals surface area contributed by atoms with Crippen LogP contribution in [0.5, 0.6) is 0 Å². The number of nitrogens with one attached hydrogen (secondary N) is 1. The molecule has 0 bridgehead atoms. The molecular weight excluding hydrogens is 200 g/mol. The van der Waals surface area contributed by atoms with Gasteiger partial charge in [-0.15, -0.1) is 0 Å². The average molecular weight is 222 g/mol. The Morgan fingerprint density at radius 2 is 2.12 bits per heavy atom. The Hall–Kier alpha value is -0.930. The second kappa shape index (κ2) is 5.41. The Balaban J connectivity index is 2.40. The highest BCUT2D eigenvalue weighted by Gasteiger charge is 2.21. The predicted molar refractivity (Wildman–Crippen MR) is 66.1 cm³/mol. The maximum absolute atomic E-state index is 9.85. The molecule has 90 valence electrons. The maximum Gasteiger partial charge on any atom is 0.0712 e. The molecule has 1 heterocycles. The van der Waals surface area contributed by atoms with Gasteiger partial charge >= 0.3 is 0 Å². The number of rotatable bonds is 4. The zero-order valence-electron chi connectivity index (χ0n) is 10.6. The molecule has 0 aliphatic rings. The van der Waals surface area contributed by atoms with Crippen LogP contribution in [0.4, 0.5) is 0 Å². The molecule has 2 N–H and O–H groups in total. The molecule has 0 amide bonds. The SMILES string of the molecule is Cc1ncccc1CNCC(O)C(C)(C)C. The highest BCUT2D eigenvalue weighted by molar-refractivity contribution is 5.17. The lowest BCUT2D eigenvalue weighted by atomic mass is 9.89. The standard InChI is InChI=1S/C13H22N2O/c1-10-11(6-5-7-15-10)8-14-9-12(16)13(2,3)4/h5-7,12,14,16H,8-9H2,1-4H3. The molecule has 3 heteroatoms. The lowest BCUT2D eigenvalue weighted by Crippen LogP contribution is -2.36. The summed E-state index contributed by atoms with van der Waals surface area (Å²) in [6.45, 7) is 9.47. The normalized spacial score (nSPS) is 13.8. The third-order valence-electron chi connectivity index (χ3n) is 2.77. The molecule has 16 heavy (non-hydrogen) atoms. The summed E-state index contributed by atoms with van der Waals surface area (Å²) in [5, 5.41) is 13.1. The number of pyridine rings is 1. The van der Waals surface area contributed by atoms with Crippen molar-refractivity contribution in [3.63, 3.8) is 0 Å². The van der Waals surface area contributed by atoms with Crippen molar-refractivity contribution in [2.75, 3.05) is 6.54 Å². The van der Waals surface area contributed by atoms with Crippen molar-refractivity contribution in [1.29, 1.82) is 0 Å². The van der Waals surface area contributed by atoms with E-state index >= 15 is 0 Å². The molecule has 1 aromatic rings. The first-order valence-corrected chi connectivity index (χ1v) is 5.70. The molecule has 1 rings (SSSR count). The number of hydrogen-bond acceptors (Lipinski definition) is 3. The van der Waals surface area contributed by atoms with E-state index in [4.69, 9.17) is 0 Å². The fourth-order valence-electron chi connectivity index (χ4n) is 1.35. The van der Waals surface area contributed by atoms with E-state index in [2.05, 4.69) is 16.4 Å². The summed E-state index contributed by atoms with van der Waals surface area (Å²) >= 11 is 0. The molecule has 0 aromatic carbocycles. The van der Waals surface area contributed by atoms with E-state index < -0.39 is 0 Å². The largest absolute Gasteiger partial charge is 0.391 e. The quantitative estimate of drug-likeness (QED) is 0.817. The topological polar surface area (TPSA) is 45.2 Å². The van der Waals surface area contributed by atoms with Gasteiger partial charge in [-0.05, 0) is 24.0 Å². The minimum Gasteiger partial charge on any atom is -0.391 e.